The molecule has 92 valence electrons. The van der Waals surface area contributed by atoms with Crippen molar-refractivity contribution in [3.05, 3.63) is 29.8 Å². The van der Waals surface area contributed by atoms with E-state index in [4.69, 9.17) is 9.47 Å². The molecule has 1 aromatic rings. The fourth-order valence-electron chi connectivity index (χ4n) is 2.33. The van der Waals surface area contributed by atoms with Crippen LogP contribution in [0, 0.1) is 5.92 Å². The number of hydrogen-bond donors (Lipinski definition) is 1. The summed E-state index contributed by atoms with van der Waals surface area (Å²) in [6.07, 6.45) is 2.69. The predicted octanol–water partition coefficient (Wildman–Crippen LogP) is 2.13. The minimum atomic E-state index is 0.495. The second kappa shape index (κ2) is 4.67. The molecule has 1 aliphatic carbocycles. The molecule has 1 heterocycles. The maximum Gasteiger partial charge on any atom is 0.118 e. The van der Waals surface area contributed by atoms with Gasteiger partial charge in [0.25, 0.3) is 0 Å². The summed E-state index contributed by atoms with van der Waals surface area (Å²) >= 11 is 0. The number of ether oxygens (including phenoxy) is 2. The van der Waals surface area contributed by atoms with Gasteiger partial charge in [-0.05, 0) is 36.5 Å². The topological polar surface area (TPSA) is 30.5 Å². The molecule has 1 atom stereocenters. The smallest absolute Gasteiger partial charge is 0.118 e. The first-order valence-corrected chi connectivity index (χ1v) is 6.34. The fourth-order valence-corrected chi connectivity index (χ4v) is 2.33. The third-order valence-corrected chi connectivity index (χ3v) is 3.62. The average Bonchev–Trinajstić information content (AvgIpc) is 3.12. The third-order valence-electron chi connectivity index (χ3n) is 3.62. The highest BCUT2D eigenvalue weighted by atomic mass is 16.5. The number of rotatable bonds is 5. The standard InChI is InChI=1S/C14H19NO2/c1-16-13-6-4-11(5-7-13)14(10-2-3-10)15-12-8-17-9-12/h4-7,10,12,14-15H,2-3,8-9H2,1H3. The Labute approximate surface area is 102 Å². The summed E-state index contributed by atoms with van der Waals surface area (Å²) in [6.45, 7) is 1.72. The molecule has 0 radical (unpaired) electrons. The van der Waals surface area contributed by atoms with Crippen molar-refractivity contribution in [3.8, 4) is 5.75 Å². The van der Waals surface area contributed by atoms with E-state index in [1.807, 2.05) is 12.1 Å². The van der Waals surface area contributed by atoms with E-state index in [9.17, 15) is 0 Å². The zero-order valence-electron chi connectivity index (χ0n) is 10.2. The lowest BCUT2D eigenvalue weighted by atomic mass is 10.0. The van der Waals surface area contributed by atoms with Crippen molar-refractivity contribution in [2.24, 2.45) is 5.92 Å². The number of hydrogen-bond acceptors (Lipinski definition) is 3. The first-order valence-electron chi connectivity index (χ1n) is 6.34. The minimum absolute atomic E-state index is 0.495. The van der Waals surface area contributed by atoms with Crippen LogP contribution in [0.2, 0.25) is 0 Å². The average molecular weight is 233 g/mol. The summed E-state index contributed by atoms with van der Waals surface area (Å²) in [5, 5.41) is 3.70. The molecule has 3 rings (SSSR count). The summed E-state index contributed by atoms with van der Waals surface area (Å²) < 4.78 is 10.4. The monoisotopic (exact) mass is 233 g/mol. The Morgan fingerprint density at radius 1 is 1.24 bits per heavy atom. The third kappa shape index (κ3) is 2.45. The predicted molar refractivity (Wildman–Crippen MR) is 66.2 cm³/mol. The second-order valence-electron chi connectivity index (χ2n) is 4.99. The van der Waals surface area contributed by atoms with Crippen LogP contribution in [-0.4, -0.2) is 26.4 Å². The van der Waals surface area contributed by atoms with E-state index in [2.05, 4.69) is 17.4 Å². The van der Waals surface area contributed by atoms with E-state index in [0.717, 1.165) is 24.9 Å². The molecule has 1 saturated carbocycles. The lowest BCUT2D eigenvalue weighted by Gasteiger charge is -2.32. The number of benzene rings is 1. The lowest BCUT2D eigenvalue weighted by molar-refractivity contribution is -0.0113. The van der Waals surface area contributed by atoms with Crippen LogP contribution in [0.4, 0.5) is 0 Å². The normalized spacial score (nSPS) is 21.9. The number of nitrogens with one attached hydrogen (secondary N) is 1. The van der Waals surface area contributed by atoms with E-state index < -0.39 is 0 Å². The highest BCUT2D eigenvalue weighted by molar-refractivity contribution is 5.30. The van der Waals surface area contributed by atoms with Crippen molar-refractivity contribution < 1.29 is 9.47 Å². The van der Waals surface area contributed by atoms with E-state index >= 15 is 0 Å². The van der Waals surface area contributed by atoms with Gasteiger partial charge in [0.05, 0.1) is 26.4 Å². The Morgan fingerprint density at radius 2 is 1.94 bits per heavy atom. The zero-order valence-corrected chi connectivity index (χ0v) is 10.2. The van der Waals surface area contributed by atoms with Crippen LogP contribution in [0.1, 0.15) is 24.4 Å². The summed E-state index contributed by atoms with van der Waals surface area (Å²) in [4.78, 5) is 0. The molecule has 1 aliphatic heterocycles. The van der Waals surface area contributed by atoms with Crippen LogP contribution in [0.3, 0.4) is 0 Å². The Kier molecular flexibility index (Phi) is 3.04. The molecule has 0 spiro atoms. The number of methoxy groups -OCH3 is 1. The molecule has 3 nitrogen and oxygen atoms in total. The molecule has 0 amide bonds. The van der Waals surface area contributed by atoms with Crippen LogP contribution in [-0.2, 0) is 4.74 Å². The molecular weight excluding hydrogens is 214 g/mol. The molecule has 1 saturated heterocycles. The maximum absolute atomic E-state index is 5.23. The quantitative estimate of drug-likeness (QED) is 0.845. The molecule has 0 bridgehead atoms. The molecule has 17 heavy (non-hydrogen) atoms. The van der Waals surface area contributed by atoms with E-state index in [-0.39, 0.29) is 0 Å². The second-order valence-corrected chi connectivity index (χ2v) is 4.99. The van der Waals surface area contributed by atoms with Gasteiger partial charge in [0.2, 0.25) is 0 Å². The Morgan fingerprint density at radius 3 is 2.41 bits per heavy atom. The van der Waals surface area contributed by atoms with Crippen molar-refractivity contribution in [1.29, 1.82) is 0 Å². The van der Waals surface area contributed by atoms with Crippen LogP contribution in [0.5, 0.6) is 5.75 Å². The van der Waals surface area contributed by atoms with Crippen molar-refractivity contribution in [2.75, 3.05) is 20.3 Å². The summed E-state index contributed by atoms with van der Waals surface area (Å²) in [5.74, 6) is 1.74. The first-order chi connectivity index (χ1) is 8.36. The molecule has 1 N–H and O–H groups in total. The highest BCUT2D eigenvalue weighted by Crippen LogP contribution is 2.41. The van der Waals surface area contributed by atoms with Gasteiger partial charge in [-0.3, -0.25) is 0 Å². The molecule has 2 aliphatic rings. The van der Waals surface area contributed by atoms with E-state index in [0.29, 0.717) is 12.1 Å². The molecular formula is C14H19NO2. The largest absolute Gasteiger partial charge is 0.497 e. The van der Waals surface area contributed by atoms with Gasteiger partial charge in [-0.1, -0.05) is 12.1 Å². The van der Waals surface area contributed by atoms with Gasteiger partial charge in [0.1, 0.15) is 5.75 Å². The van der Waals surface area contributed by atoms with Crippen molar-refractivity contribution in [1.82, 2.24) is 5.32 Å². The van der Waals surface area contributed by atoms with E-state index in [1.165, 1.54) is 18.4 Å². The van der Waals surface area contributed by atoms with Crippen LogP contribution in [0.25, 0.3) is 0 Å². The summed E-state index contributed by atoms with van der Waals surface area (Å²) in [5.41, 5.74) is 1.38. The summed E-state index contributed by atoms with van der Waals surface area (Å²) in [7, 11) is 1.71. The van der Waals surface area contributed by atoms with Crippen LogP contribution in [0.15, 0.2) is 24.3 Å². The van der Waals surface area contributed by atoms with E-state index in [1.54, 1.807) is 7.11 Å². The van der Waals surface area contributed by atoms with Gasteiger partial charge in [0.15, 0.2) is 0 Å². The maximum atomic E-state index is 5.23. The van der Waals surface area contributed by atoms with Crippen LogP contribution < -0.4 is 10.1 Å². The van der Waals surface area contributed by atoms with Gasteiger partial charge < -0.3 is 14.8 Å². The van der Waals surface area contributed by atoms with Crippen molar-refractivity contribution >= 4 is 0 Å². The Bertz CT molecular complexity index is 368. The first kappa shape index (κ1) is 11.1. The molecule has 1 unspecified atom stereocenters. The molecule has 2 fully saturated rings. The Hall–Kier alpha value is -1.06. The lowest BCUT2D eigenvalue weighted by Crippen LogP contribution is -2.47. The molecule has 3 heteroatoms. The van der Waals surface area contributed by atoms with Gasteiger partial charge in [-0.15, -0.1) is 0 Å². The minimum Gasteiger partial charge on any atom is -0.497 e. The van der Waals surface area contributed by atoms with Crippen molar-refractivity contribution in [3.63, 3.8) is 0 Å². The Balaban J connectivity index is 1.71. The highest BCUT2D eigenvalue weighted by Gasteiger charge is 2.34. The van der Waals surface area contributed by atoms with Gasteiger partial charge in [-0.2, -0.15) is 0 Å². The zero-order chi connectivity index (χ0) is 11.7. The molecule has 1 aromatic carbocycles. The fraction of sp³-hybridized carbons (Fsp3) is 0.571. The molecule has 0 aromatic heterocycles. The van der Waals surface area contributed by atoms with Gasteiger partial charge >= 0.3 is 0 Å². The van der Waals surface area contributed by atoms with Gasteiger partial charge in [-0.25, -0.2) is 0 Å². The van der Waals surface area contributed by atoms with Crippen LogP contribution >= 0.6 is 0 Å². The SMILES string of the molecule is COc1ccc(C(NC2COC2)C2CC2)cc1. The van der Waals surface area contributed by atoms with Gasteiger partial charge in [0, 0.05) is 6.04 Å². The summed E-state index contributed by atoms with van der Waals surface area (Å²) in [6, 6.07) is 9.48. The van der Waals surface area contributed by atoms with Crippen molar-refractivity contribution in [2.45, 2.75) is 24.9 Å².